The Kier molecular flexibility index (Phi) is 8.75. The largest absolute Gasteiger partial charge is 0.370 e. The van der Waals surface area contributed by atoms with Gasteiger partial charge in [0, 0.05) is 31.3 Å². The van der Waals surface area contributed by atoms with E-state index in [0.717, 1.165) is 6.42 Å². The summed E-state index contributed by atoms with van der Waals surface area (Å²) in [5, 5.41) is 2.31. The van der Waals surface area contributed by atoms with Gasteiger partial charge in [-0.3, -0.25) is 19.6 Å². The number of guanidine groups is 2. The van der Waals surface area contributed by atoms with Gasteiger partial charge in [-0.1, -0.05) is 42.5 Å². The SMILES string of the molecule is NC(N)=NCCC[C@H]1C(=O)N(CCc2ccc3ccccc3c2)C[C@@H]2SC[C@H](CCN=C(N)N)C(=O)N21. The number of carbonyl (C=O) groups excluding carboxylic acids is 2. The molecule has 10 nitrogen and oxygen atoms in total. The molecule has 3 atom stereocenters. The van der Waals surface area contributed by atoms with E-state index < -0.39 is 6.04 Å². The van der Waals surface area contributed by atoms with Gasteiger partial charge < -0.3 is 32.7 Å². The molecule has 0 saturated carbocycles. The van der Waals surface area contributed by atoms with Gasteiger partial charge in [-0.25, -0.2) is 0 Å². The zero-order chi connectivity index (χ0) is 26.4. The molecule has 0 bridgehead atoms. The average molecular weight is 525 g/mol. The molecule has 37 heavy (non-hydrogen) atoms. The summed E-state index contributed by atoms with van der Waals surface area (Å²) < 4.78 is 0. The lowest BCUT2D eigenvalue weighted by molar-refractivity contribution is -0.155. The highest BCUT2D eigenvalue weighted by Crippen LogP contribution is 2.36. The van der Waals surface area contributed by atoms with E-state index in [4.69, 9.17) is 22.9 Å². The summed E-state index contributed by atoms with van der Waals surface area (Å²) in [5.74, 6) is 0.495. The molecule has 2 heterocycles. The summed E-state index contributed by atoms with van der Waals surface area (Å²) >= 11 is 1.73. The molecule has 11 heteroatoms. The van der Waals surface area contributed by atoms with Crippen molar-refractivity contribution in [3.05, 3.63) is 48.0 Å². The molecule has 2 fully saturated rings. The lowest BCUT2D eigenvalue weighted by Crippen LogP contribution is -2.65. The predicted molar refractivity (Wildman–Crippen MR) is 150 cm³/mol. The Hall–Kier alpha value is -3.47. The zero-order valence-electron chi connectivity index (χ0n) is 21.0. The number of piperazine rings is 1. The van der Waals surface area contributed by atoms with E-state index in [1.807, 2.05) is 17.0 Å². The maximum Gasteiger partial charge on any atom is 0.245 e. The fourth-order valence-corrected chi connectivity index (χ4v) is 6.47. The van der Waals surface area contributed by atoms with Crippen LogP contribution >= 0.6 is 11.8 Å². The number of fused-ring (bicyclic) bond motifs is 2. The number of amides is 2. The van der Waals surface area contributed by atoms with Crippen LogP contribution in [0.25, 0.3) is 10.8 Å². The van der Waals surface area contributed by atoms with Crippen LogP contribution in [-0.4, -0.2) is 76.9 Å². The monoisotopic (exact) mass is 524 g/mol. The van der Waals surface area contributed by atoms with Crippen molar-refractivity contribution in [3.8, 4) is 0 Å². The molecular weight excluding hydrogens is 488 g/mol. The first-order valence-corrected chi connectivity index (χ1v) is 13.7. The fraction of sp³-hybridized carbons (Fsp3) is 0.462. The quantitative estimate of drug-likeness (QED) is 0.203. The van der Waals surface area contributed by atoms with E-state index in [-0.39, 0.29) is 35.0 Å². The van der Waals surface area contributed by atoms with Gasteiger partial charge in [0.25, 0.3) is 0 Å². The third-order valence-corrected chi connectivity index (χ3v) is 8.25. The van der Waals surface area contributed by atoms with Crippen LogP contribution in [0.4, 0.5) is 0 Å². The molecule has 2 amide bonds. The van der Waals surface area contributed by atoms with Crippen LogP contribution in [0.2, 0.25) is 0 Å². The number of aliphatic imine (C=N–C) groups is 2. The molecule has 0 spiro atoms. The summed E-state index contributed by atoms with van der Waals surface area (Å²) in [7, 11) is 0. The zero-order valence-corrected chi connectivity index (χ0v) is 21.8. The molecule has 0 aromatic heterocycles. The average Bonchev–Trinajstić information content (AvgIpc) is 2.87. The summed E-state index contributed by atoms with van der Waals surface area (Å²) in [6.07, 6.45) is 2.41. The molecule has 2 aliphatic rings. The third kappa shape index (κ3) is 6.65. The van der Waals surface area contributed by atoms with E-state index in [9.17, 15) is 9.59 Å². The summed E-state index contributed by atoms with van der Waals surface area (Å²) in [6, 6.07) is 14.1. The predicted octanol–water partition coefficient (Wildman–Crippen LogP) is 0.828. The van der Waals surface area contributed by atoms with Crippen LogP contribution in [-0.2, 0) is 16.0 Å². The first kappa shape index (κ1) is 26.6. The third-order valence-electron chi connectivity index (χ3n) is 6.90. The Morgan fingerprint density at radius 1 is 0.919 bits per heavy atom. The minimum atomic E-state index is -0.532. The number of hydrogen-bond donors (Lipinski definition) is 4. The highest BCUT2D eigenvalue weighted by atomic mass is 32.2. The Bertz CT molecular complexity index is 1180. The second kappa shape index (κ2) is 12.2. The Balaban J connectivity index is 1.47. The molecule has 198 valence electrons. The summed E-state index contributed by atoms with van der Waals surface area (Å²) in [4.78, 5) is 39.0. The number of rotatable bonds is 10. The Morgan fingerprint density at radius 3 is 2.41 bits per heavy atom. The van der Waals surface area contributed by atoms with Gasteiger partial charge >= 0.3 is 0 Å². The van der Waals surface area contributed by atoms with Gasteiger partial charge in [0.05, 0.1) is 11.9 Å². The standard InChI is InChI=1S/C26H36N8O2S/c27-25(28)31-11-3-6-21-24(36)33(13-10-17-7-8-18-4-1-2-5-19(18)14-17)15-22-34(21)23(35)20(16-37-22)9-12-32-26(29)30/h1-2,4-5,7-8,14,20-22H,3,6,9-13,15-16H2,(H4,27,28,31)(H4,29,30,32)/t20-,21-,22-/m0/s1. The smallest absolute Gasteiger partial charge is 0.245 e. The van der Waals surface area contributed by atoms with Crippen LogP contribution in [0.1, 0.15) is 24.8 Å². The minimum absolute atomic E-state index is 0.00362. The maximum absolute atomic E-state index is 13.7. The molecule has 0 radical (unpaired) electrons. The van der Waals surface area contributed by atoms with Gasteiger partial charge in [-0.2, -0.15) is 0 Å². The molecular formula is C26H36N8O2S. The molecule has 4 rings (SSSR count). The van der Waals surface area contributed by atoms with Gasteiger partial charge in [0.1, 0.15) is 6.04 Å². The summed E-state index contributed by atoms with van der Waals surface area (Å²) in [5.41, 5.74) is 23.0. The van der Waals surface area contributed by atoms with Crippen molar-refractivity contribution in [3.63, 3.8) is 0 Å². The second-order valence-electron chi connectivity index (χ2n) is 9.51. The van der Waals surface area contributed by atoms with Crippen molar-refractivity contribution in [2.24, 2.45) is 38.8 Å². The highest BCUT2D eigenvalue weighted by Gasteiger charge is 2.47. The highest BCUT2D eigenvalue weighted by molar-refractivity contribution is 8.00. The van der Waals surface area contributed by atoms with Crippen molar-refractivity contribution in [2.75, 3.05) is 31.9 Å². The first-order valence-electron chi connectivity index (χ1n) is 12.6. The minimum Gasteiger partial charge on any atom is -0.370 e. The van der Waals surface area contributed by atoms with Gasteiger partial charge in [0.15, 0.2) is 11.9 Å². The lowest BCUT2D eigenvalue weighted by Gasteiger charge is -2.49. The molecule has 2 aliphatic heterocycles. The second-order valence-corrected chi connectivity index (χ2v) is 10.7. The van der Waals surface area contributed by atoms with Crippen LogP contribution < -0.4 is 22.9 Å². The fourth-order valence-electron chi connectivity index (χ4n) is 5.01. The number of thioether (sulfide) groups is 1. The van der Waals surface area contributed by atoms with Crippen molar-refractivity contribution in [1.29, 1.82) is 0 Å². The van der Waals surface area contributed by atoms with Crippen LogP contribution in [0, 0.1) is 5.92 Å². The molecule has 2 aromatic rings. The van der Waals surface area contributed by atoms with Crippen molar-refractivity contribution >= 4 is 46.3 Å². The number of nitrogens with zero attached hydrogens (tertiary/aromatic N) is 4. The Labute approximate surface area is 221 Å². The normalized spacial score (nSPS) is 21.6. The molecule has 8 N–H and O–H groups in total. The van der Waals surface area contributed by atoms with E-state index in [1.165, 1.54) is 16.3 Å². The van der Waals surface area contributed by atoms with Crippen molar-refractivity contribution in [1.82, 2.24) is 9.80 Å². The Morgan fingerprint density at radius 2 is 1.65 bits per heavy atom. The van der Waals surface area contributed by atoms with E-state index in [2.05, 4.69) is 40.3 Å². The van der Waals surface area contributed by atoms with E-state index in [0.29, 0.717) is 51.2 Å². The number of benzene rings is 2. The number of nitrogens with two attached hydrogens (primary N) is 4. The topological polar surface area (TPSA) is 169 Å². The summed E-state index contributed by atoms with van der Waals surface area (Å²) in [6.45, 7) is 1.93. The lowest BCUT2D eigenvalue weighted by atomic mass is 9.99. The van der Waals surface area contributed by atoms with E-state index in [1.54, 1.807) is 16.7 Å². The first-order chi connectivity index (χ1) is 17.8. The molecule has 2 aromatic carbocycles. The van der Waals surface area contributed by atoms with Crippen molar-refractivity contribution < 1.29 is 9.59 Å². The van der Waals surface area contributed by atoms with Crippen LogP contribution in [0.5, 0.6) is 0 Å². The van der Waals surface area contributed by atoms with Crippen LogP contribution in [0.3, 0.4) is 0 Å². The van der Waals surface area contributed by atoms with Gasteiger partial charge in [-0.15, -0.1) is 11.8 Å². The van der Waals surface area contributed by atoms with E-state index >= 15 is 0 Å². The number of carbonyl (C=O) groups is 2. The number of hydrogen-bond acceptors (Lipinski definition) is 5. The molecule has 0 aliphatic carbocycles. The maximum atomic E-state index is 13.7. The molecule has 2 saturated heterocycles. The van der Waals surface area contributed by atoms with Gasteiger partial charge in [-0.05, 0) is 42.0 Å². The van der Waals surface area contributed by atoms with Crippen LogP contribution in [0.15, 0.2) is 52.4 Å². The molecule has 0 unspecified atom stereocenters. The van der Waals surface area contributed by atoms with Gasteiger partial charge in [0.2, 0.25) is 11.8 Å². The van der Waals surface area contributed by atoms with Crippen molar-refractivity contribution in [2.45, 2.75) is 37.1 Å².